The lowest BCUT2D eigenvalue weighted by Gasteiger charge is -2.14. The lowest BCUT2D eigenvalue weighted by Crippen LogP contribution is -2.00. The molecule has 0 amide bonds. The zero-order valence-corrected chi connectivity index (χ0v) is 14.4. The highest BCUT2D eigenvalue weighted by atomic mass is 16.6. The first-order valence-corrected chi connectivity index (χ1v) is 8.92. The van der Waals surface area contributed by atoms with Gasteiger partial charge in [0.25, 0.3) is 0 Å². The van der Waals surface area contributed by atoms with Crippen LogP contribution in [0, 0.1) is 0 Å². The fourth-order valence-electron chi connectivity index (χ4n) is 3.55. The number of hydrogen-bond acceptors (Lipinski definition) is 1. The fourth-order valence-corrected chi connectivity index (χ4v) is 3.55. The Morgan fingerprint density at radius 3 is 1.80 bits per heavy atom. The molecule has 1 heteroatoms. The van der Waals surface area contributed by atoms with Gasteiger partial charge in [-0.15, -0.1) is 0 Å². The van der Waals surface area contributed by atoms with Crippen LogP contribution in [0.15, 0.2) is 91.0 Å². The van der Waals surface area contributed by atoms with Crippen LogP contribution >= 0.6 is 0 Å². The fraction of sp³-hybridized carbons (Fsp3) is 0.167. The lowest BCUT2D eigenvalue weighted by atomic mass is 9.89. The van der Waals surface area contributed by atoms with E-state index in [0.717, 1.165) is 6.42 Å². The predicted octanol–water partition coefficient (Wildman–Crippen LogP) is 6.15. The highest BCUT2D eigenvalue weighted by Gasteiger charge is 2.44. The molecule has 0 spiro atoms. The minimum atomic E-state index is 0.125. The van der Waals surface area contributed by atoms with Crippen molar-refractivity contribution in [2.24, 2.45) is 0 Å². The summed E-state index contributed by atoms with van der Waals surface area (Å²) >= 11 is 0. The highest BCUT2D eigenvalue weighted by molar-refractivity contribution is 5.93. The zero-order valence-electron chi connectivity index (χ0n) is 14.4. The summed E-state index contributed by atoms with van der Waals surface area (Å²) in [4.78, 5) is 0. The Hall–Kier alpha value is -2.64. The average Bonchev–Trinajstić information content (AvgIpc) is 3.48. The Labute approximate surface area is 149 Å². The molecule has 0 N–H and O–H groups in total. The number of epoxide rings is 1. The number of hydrogen-bond donors (Lipinski definition) is 0. The van der Waals surface area contributed by atoms with E-state index in [4.69, 9.17) is 4.74 Å². The summed E-state index contributed by atoms with van der Waals surface area (Å²) in [5, 5.41) is 0. The second-order valence-electron chi connectivity index (χ2n) is 6.37. The zero-order chi connectivity index (χ0) is 17.1. The Morgan fingerprint density at radius 1 is 0.720 bits per heavy atom. The monoisotopic (exact) mass is 326 g/mol. The molecule has 0 aromatic heterocycles. The van der Waals surface area contributed by atoms with E-state index in [0.29, 0.717) is 0 Å². The topological polar surface area (TPSA) is 12.5 Å². The minimum Gasteiger partial charge on any atom is -0.359 e. The van der Waals surface area contributed by atoms with Crippen LogP contribution in [-0.4, -0.2) is 6.10 Å². The number of ether oxygens (including phenoxy) is 1. The minimum absolute atomic E-state index is 0.125. The van der Waals surface area contributed by atoms with Gasteiger partial charge in [0.1, 0.15) is 12.2 Å². The van der Waals surface area contributed by atoms with Crippen LogP contribution in [0.4, 0.5) is 0 Å². The molecule has 3 aromatic carbocycles. The maximum atomic E-state index is 6.17. The standard InChI is InChI=1S/C24H22O/c1-2-21(18-12-6-3-7-13-18)22(19-14-8-4-9-15-19)24-23(25-24)20-16-10-5-11-17-20/h3-17,23-24H,2H2,1H3/b22-21+. The molecular weight excluding hydrogens is 304 g/mol. The van der Waals surface area contributed by atoms with E-state index in [2.05, 4.69) is 97.9 Å². The molecule has 1 heterocycles. The smallest absolute Gasteiger partial charge is 0.115 e. The van der Waals surface area contributed by atoms with Gasteiger partial charge in [-0.05, 0) is 34.3 Å². The first kappa shape index (κ1) is 15.9. The highest BCUT2D eigenvalue weighted by Crippen LogP contribution is 2.49. The van der Waals surface area contributed by atoms with Gasteiger partial charge in [0.05, 0.1) is 0 Å². The number of rotatable bonds is 5. The quantitative estimate of drug-likeness (QED) is 0.405. The van der Waals surface area contributed by atoms with Gasteiger partial charge in [-0.2, -0.15) is 0 Å². The molecule has 1 aliphatic heterocycles. The first-order valence-electron chi connectivity index (χ1n) is 8.92. The van der Waals surface area contributed by atoms with Gasteiger partial charge in [0.15, 0.2) is 0 Å². The van der Waals surface area contributed by atoms with Crippen molar-refractivity contribution in [3.8, 4) is 0 Å². The molecule has 0 bridgehead atoms. The lowest BCUT2D eigenvalue weighted by molar-refractivity contribution is 0.397. The molecule has 1 nitrogen and oxygen atoms in total. The van der Waals surface area contributed by atoms with Crippen molar-refractivity contribution in [1.29, 1.82) is 0 Å². The molecule has 1 fully saturated rings. The summed E-state index contributed by atoms with van der Waals surface area (Å²) in [5.74, 6) is 0. The summed E-state index contributed by atoms with van der Waals surface area (Å²) < 4.78 is 6.17. The van der Waals surface area contributed by atoms with Gasteiger partial charge in [0, 0.05) is 0 Å². The average molecular weight is 326 g/mol. The molecule has 0 saturated carbocycles. The van der Waals surface area contributed by atoms with Gasteiger partial charge in [-0.25, -0.2) is 0 Å². The van der Waals surface area contributed by atoms with E-state index in [1.54, 1.807) is 0 Å². The third-order valence-corrected chi connectivity index (χ3v) is 4.79. The molecular formula is C24H22O. The van der Waals surface area contributed by atoms with Crippen LogP contribution in [0.2, 0.25) is 0 Å². The van der Waals surface area contributed by atoms with Crippen molar-refractivity contribution >= 4 is 11.1 Å². The molecule has 4 rings (SSSR count). The third-order valence-electron chi connectivity index (χ3n) is 4.79. The van der Waals surface area contributed by atoms with Gasteiger partial charge in [0.2, 0.25) is 0 Å². The Morgan fingerprint density at radius 2 is 1.24 bits per heavy atom. The van der Waals surface area contributed by atoms with Crippen LogP contribution in [0.5, 0.6) is 0 Å². The van der Waals surface area contributed by atoms with Crippen molar-refractivity contribution in [1.82, 2.24) is 0 Å². The van der Waals surface area contributed by atoms with Crippen LogP contribution in [0.25, 0.3) is 11.1 Å². The SMILES string of the molecule is CC/C(=C(/c1ccccc1)C1OC1c1ccccc1)c1ccccc1. The summed E-state index contributed by atoms with van der Waals surface area (Å²) in [7, 11) is 0. The van der Waals surface area contributed by atoms with Crippen LogP contribution in [0.3, 0.4) is 0 Å². The Kier molecular flexibility index (Phi) is 4.49. The van der Waals surface area contributed by atoms with E-state index >= 15 is 0 Å². The van der Waals surface area contributed by atoms with Gasteiger partial charge in [-0.3, -0.25) is 0 Å². The molecule has 0 radical (unpaired) electrons. The molecule has 2 unspecified atom stereocenters. The molecule has 25 heavy (non-hydrogen) atoms. The predicted molar refractivity (Wildman–Crippen MR) is 104 cm³/mol. The van der Waals surface area contributed by atoms with E-state index in [1.165, 1.54) is 27.8 Å². The largest absolute Gasteiger partial charge is 0.359 e. The van der Waals surface area contributed by atoms with Crippen molar-refractivity contribution < 1.29 is 4.74 Å². The van der Waals surface area contributed by atoms with Crippen molar-refractivity contribution in [2.45, 2.75) is 25.6 Å². The van der Waals surface area contributed by atoms with Gasteiger partial charge < -0.3 is 4.74 Å². The summed E-state index contributed by atoms with van der Waals surface area (Å²) in [6.45, 7) is 2.23. The first-order chi connectivity index (χ1) is 12.4. The molecule has 0 aliphatic carbocycles. The van der Waals surface area contributed by atoms with Crippen molar-refractivity contribution in [2.75, 3.05) is 0 Å². The van der Waals surface area contributed by atoms with Gasteiger partial charge >= 0.3 is 0 Å². The molecule has 1 saturated heterocycles. The van der Waals surface area contributed by atoms with Crippen molar-refractivity contribution in [3.63, 3.8) is 0 Å². The summed E-state index contributed by atoms with van der Waals surface area (Å²) in [6.07, 6.45) is 1.26. The Balaban J connectivity index is 1.80. The van der Waals surface area contributed by atoms with E-state index in [1.807, 2.05) is 0 Å². The van der Waals surface area contributed by atoms with Crippen LogP contribution in [-0.2, 0) is 4.74 Å². The third kappa shape index (κ3) is 3.29. The molecule has 3 aromatic rings. The maximum Gasteiger partial charge on any atom is 0.115 e. The normalized spacial score (nSPS) is 20.0. The Bertz CT molecular complexity index is 850. The molecule has 124 valence electrons. The second-order valence-corrected chi connectivity index (χ2v) is 6.37. The van der Waals surface area contributed by atoms with Gasteiger partial charge in [-0.1, -0.05) is 97.9 Å². The second kappa shape index (κ2) is 7.08. The number of allylic oxidation sites excluding steroid dienone is 1. The summed E-state index contributed by atoms with van der Waals surface area (Å²) in [5.41, 5.74) is 6.49. The van der Waals surface area contributed by atoms with E-state index in [9.17, 15) is 0 Å². The summed E-state index contributed by atoms with van der Waals surface area (Å²) in [6, 6.07) is 31.9. The molecule has 1 aliphatic rings. The maximum absolute atomic E-state index is 6.17. The molecule has 2 atom stereocenters. The van der Waals surface area contributed by atoms with E-state index in [-0.39, 0.29) is 12.2 Å². The van der Waals surface area contributed by atoms with Crippen LogP contribution in [0.1, 0.15) is 36.1 Å². The number of benzene rings is 3. The van der Waals surface area contributed by atoms with Crippen molar-refractivity contribution in [3.05, 3.63) is 108 Å². The van der Waals surface area contributed by atoms with E-state index < -0.39 is 0 Å². The van der Waals surface area contributed by atoms with Crippen LogP contribution < -0.4 is 0 Å².